The number of aryl methyl sites for hydroxylation is 1. The molecule has 1 heterocycles. The van der Waals surface area contributed by atoms with Crippen LogP contribution in [-0.4, -0.2) is 19.0 Å². The van der Waals surface area contributed by atoms with Crippen molar-refractivity contribution in [3.8, 4) is 0 Å². The van der Waals surface area contributed by atoms with Gasteiger partial charge >= 0.3 is 11.9 Å². The summed E-state index contributed by atoms with van der Waals surface area (Å²) in [7, 11) is 1.30. The number of carbonyl (C=O) groups excluding carboxylic acids is 2. The Hall–Kier alpha value is -2.85. The third-order valence-electron chi connectivity index (χ3n) is 4.63. The molecule has 2 aromatic carbocycles. The summed E-state index contributed by atoms with van der Waals surface area (Å²) in [4.78, 5) is 24.5. The van der Waals surface area contributed by atoms with Gasteiger partial charge in [0.25, 0.3) is 0 Å². The molecule has 0 amide bonds. The van der Waals surface area contributed by atoms with Gasteiger partial charge in [-0.2, -0.15) is 0 Å². The Morgan fingerprint density at radius 2 is 1.93 bits per heavy atom. The molecule has 0 aliphatic carbocycles. The zero-order valence-electron chi connectivity index (χ0n) is 15.1. The van der Waals surface area contributed by atoms with Crippen LogP contribution in [0.4, 0.5) is 0 Å². The lowest BCUT2D eigenvalue weighted by Gasteiger charge is -2.36. The summed E-state index contributed by atoms with van der Waals surface area (Å²) in [5.74, 6) is -1.71. The molecular formula is C22H19ClO4. The molecule has 0 saturated heterocycles. The van der Waals surface area contributed by atoms with E-state index in [2.05, 4.69) is 6.58 Å². The lowest BCUT2D eigenvalue weighted by atomic mass is 9.73. The normalized spacial score (nSPS) is 19.4. The van der Waals surface area contributed by atoms with Crippen LogP contribution in [0.2, 0.25) is 5.02 Å². The van der Waals surface area contributed by atoms with Crippen LogP contribution in [0.5, 0.6) is 0 Å². The molecule has 0 radical (unpaired) electrons. The summed E-state index contributed by atoms with van der Waals surface area (Å²) in [6.45, 7) is 5.92. The highest BCUT2D eigenvalue weighted by Gasteiger charge is 2.48. The van der Waals surface area contributed by atoms with Crippen LogP contribution >= 0.6 is 11.6 Å². The lowest BCUT2D eigenvalue weighted by Crippen LogP contribution is -2.36. The average Bonchev–Trinajstić information content (AvgIpc) is 3.04. The van der Waals surface area contributed by atoms with E-state index >= 15 is 0 Å². The van der Waals surface area contributed by atoms with Crippen molar-refractivity contribution in [2.75, 3.05) is 7.11 Å². The van der Waals surface area contributed by atoms with Gasteiger partial charge in [0.15, 0.2) is 5.60 Å². The molecule has 3 rings (SSSR count). The number of esters is 2. The highest BCUT2D eigenvalue weighted by molar-refractivity contribution is 6.30. The maximum Gasteiger partial charge on any atom is 0.333 e. The van der Waals surface area contributed by atoms with Gasteiger partial charge in [-0.15, -0.1) is 0 Å². The van der Waals surface area contributed by atoms with Crippen molar-refractivity contribution in [1.82, 2.24) is 0 Å². The van der Waals surface area contributed by atoms with Gasteiger partial charge in [-0.1, -0.05) is 60.1 Å². The smallest absolute Gasteiger partial charge is 0.333 e. The molecule has 0 unspecified atom stereocenters. The van der Waals surface area contributed by atoms with Crippen LogP contribution in [0.15, 0.2) is 72.8 Å². The molecule has 2 atom stereocenters. The van der Waals surface area contributed by atoms with Crippen molar-refractivity contribution in [2.45, 2.75) is 18.4 Å². The van der Waals surface area contributed by atoms with E-state index in [-0.39, 0.29) is 5.57 Å². The average molecular weight is 383 g/mol. The summed E-state index contributed by atoms with van der Waals surface area (Å²) in [5, 5.41) is 0.557. The Bertz CT molecular complexity index is 930. The number of methoxy groups -OCH3 is 1. The number of rotatable bonds is 5. The molecule has 4 nitrogen and oxygen atoms in total. The third-order valence-corrected chi connectivity index (χ3v) is 4.88. The second-order valence-electron chi connectivity index (χ2n) is 6.42. The molecule has 0 saturated carbocycles. The van der Waals surface area contributed by atoms with Crippen molar-refractivity contribution >= 4 is 23.5 Å². The first-order valence-electron chi connectivity index (χ1n) is 8.39. The van der Waals surface area contributed by atoms with Gasteiger partial charge in [0, 0.05) is 22.2 Å². The molecule has 0 aromatic heterocycles. The predicted molar refractivity (Wildman–Crippen MR) is 103 cm³/mol. The first-order valence-corrected chi connectivity index (χ1v) is 8.77. The van der Waals surface area contributed by atoms with E-state index in [1.54, 1.807) is 30.3 Å². The van der Waals surface area contributed by atoms with E-state index in [0.29, 0.717) is 10.6 Å². The Morgan fingerprint density at radius 3 is 2.48 bits per heavy atom. The van der Waals surface area contributed by atoms with E-state index in [1.165, 1.54) is 13.2 Å². The zero-order chi connectivity index (χ0) is 19.6. The molecule has 0 N–H and O–H groups in total. The van der Waals surface area contributed by atoms with Gasteiger partial charge in [-0.05, 0) is 30.7 Å². The molecular weight excluding hydrogens is 364 g/mol. The fraction of sp³-hybridized carbons (Fsp3) is 0.182. The Labute approximate surface area is 163 Å². The number of carbonyl (C=O) groups is 2. The highest BCUT2D eigenvalue weighted by atomic mass is 35.5. The van der Waals surface area contributed by atoms with E-state index < -0.39 is 23.5 Å². The summed E-state index contributed by atoms with van der Waals surface area (Å²) in [5.41, 5.74) is 1.46. The Balaban J connectivity index is 2.24. The molecule has 0 spiro atoms. The van der Waals surface area contributed by atoms with Crippen LogP contribution in [0, 0.1) is 6.92 Å². The highest BCUT2D eigenvalue weighted by Crippen LogP contribution is 2.48. The van der Waals surface area contributed by atoms with Gasteiger partial charge in [0.05, 0.1) is 13.0 Å². The topological polar surface area (TPSA) is 52.6 Å². The van der Waals surface area contributed by atoms with Crippen molar-refractivity contribution in [3.63, 3.8) is 0 Å². The standard InChI is InChI=1S/C22H19ClO4/c1-14-5-4-6-16(13-14)20(15(2)21(25)26-3)22(12-11-19(24)27-22)17-7-9-18(23)10-8-17/h4-13,20H,2H2,1,3H3/t20-,22+/m0/s1. The van der Waals surface area contributed by atoms with Crippen LogP contribution in [0.1, 0.15) is 22.6 Å². The molecule has 2 aromatic rings. The quantitative estimate of drug-likeness (QED) is 0.565. The van der Waals surface area contributed by atoms with E-state index in [9.17, 15) is 9.59 Å². The van der Waals surface area contributed by atoms with Crippen molar-refractivity contribution < 1.29 is 19.1 Å². The number of benzene rings is 2. The molecule has 138 valence electrons. The Kier molecular flexibility index (Phi) is 5.19. The van der Waals surface area contributed by atoms with Gasteiger partial charge in [-0.25, -0.2) is 9.59 Å². The molecule has 27 heavy (non-hydrogen) atoms. The fourth-order valence-electron chi connectivity index (χ4n) is 3.42. The van der Waals surface area contributed by atoms with Crippen LogP contribution < -0.4 is 0 Å². The Morgan fingerprint density at radius 1 is 1.22 bits per heavy atom. The summed E-state index contributed by atoms with van der Waals surface area (Å²) >= 11 is 6.03. The zero-order valence-corrected chi connectivity index (χ0v) is 15.8. The maximum atomic E-state index is 12.4. The number of cyclic esters (lactones) is 1. The largest absolute Gasteiger partial charge is 0.466 e. The minimum absolute atomic E-state index is 0.192. The number of hydrogen-bond acceptors (Lipinski definition) is 4. The van der Waals surface area contributed by atoms with Gasteiger partial charge < -0.3 is 9.47 Å². The van der Waals surface area contributed by atoms with E-state index in [4.69, 9.17) is 21.1 Å². The monoisotopic (exact) mass is 382 g/mol. The van der Waals surface area contributed by atoms with Crippen LogP contribution in [-0.2, 0) is 24.7 Å². The SMILES string of the molecule is C=C(C(=O)OC)[C@@H](c1cccc(C)c1)[C@]1(c2ccc(Cl)cc2)C=CC(=O)O1. The predicted octanol–water partition coefficient (Wildman–Crippen LogP) is 4.47. The third kappa shape index (κ3) is 3.53. The molecule has 5 heteroatoms. The fourth-order valence-corrected chi connectivity index (χ4v) is 3.55. The van der Waals surface area contributed by atoms with Crippen molar-refractivity contribution in [3.05, 3.63) is 94.5 Å². The van der Waals surface area contributed by atoms with E-state index in [0.717, 1.165) is 11.1 Å². The number of ether oxygens (including phenoxy) is 2. The molecule has 1 aliphatic rings. The first-order chi connectivity index (χ1) is 12.9. The van der Waals surface area contributed by atoms with Gasteiger partial charge in [-0.3, -0.25) is 0 Å². The minimum Gasteiger partial charge on any atom is -0.466 e. The maximum absolute atomic E-state index is 12.4. The molecule has 1 aliphatic heterocycles. The van der Waals surface area contributed by atoms with Gasteiger partial charge in [0.1, 0.15) is 0 Å². The summed E-state index contributed by atoms with van der Waals surface area (Å²) in [6, 6.07) is 14.6. The van der Waals surface area contributed by atoms with Crippen molar-refractivity contribution in [1.29, 1.82) is 0 Å². The molecule has 0 bridgehead atoms. The number of halogens is 1. The first kappa shape index (κ1) is 18.9. The van der Waals surface area contributed by atoms with Crippen LogP contribution in [0.3, 0.4) is 0 Å². The summed E-state index contributed by atoms with van der Waals surface area (Å²) in [6.07, 6.45) is 3.03. The van der Waals surface area contributed by atoms with Crippen molar-refractivity contribution in [2.24, 2.45) is 0 Å². The lowest BCUT2D eigenvalue weighted by molar-refractivity contribution is -0.149. The molecule has 0 fully saturated rings. The minimum atomic E-state index is -1.22. The second-order valence-corrected chi connectivity index (χ2v) is 6.85. The van der Waals surface area contributed by atoms with E-state index in [1.807, 2.05) is 31.2 Å². The second kappa shape index (κ2) is 7.41. The number of hydrogen-bond donors (Lipinski definition) is 0. The van der Waals surface area contributed by atoms with Gasteiger partial charge in [0.2, 0.25) is 0 Å². The van der Waals surface area contributed by atoms with Crippen LogP contribution in [0.25, 0.3) is 0 Å². The summed E-state index contributed by atoms with van der Waals surface area (Å²) < 4.78 is 10.7.